The SMILES string of the molecule is CC[C@@H](NC(=O)c1cccc(OC)c1OC)c1ccccc1. The van der Waals surface area contributed by atoms with Gasteiger partial charge in [0.25, 0.3) is 5.91 Å². The molecule has 0 spiro atoms. The van der Waals surface area contributed by atoms with Gasteiger partial charge in [0, 0.05) is 0 Å². The molecule has 4 heteroatoms. The molecule has 1 N–H and O–H groups in total. The van der Waals surface area contributed by atoms with E-state index in [9.17, 15) is 4.79 Å². The maximum absolute atomic E-state index is 12.6. The van der Waals surface area contributed by atoms with Gasteiger partial charge in [-0.3, -0.25) is 4.79 Å². The molecule has 0 fully saturated rings. The fraction of sp³-hybridized carbons (Fsp3) is 0.278. The van der Waals surface area contributed by atoms with Gasteiger partial charge in [-0.2, -0.15) is 0 Å². The highest BCUT2D eigenvalue weighted by Gasteiger charge is 2.19. The van der Waals surface area contributed by atoms with Crippen molar-refractivity contribution in [2.24, 2.45) is 0 Å². The third-order valence-corrected chi connectivity index (χ3v) is 3.56. The topological polar surface area (TPSA) is 47.6 Å². The zero-order chi connectivity index (χ0) is 15.9. The van der Waals surface area contributed by atoms with Crippen molar-refractivity contribution in [3.05, 3.63) is 59.7 Å². The molecule has 0 radical (unpaired) electrons. The molecule has 0 unspecified atom stereocenters. The molecule has 1 atom stereocenters. The molecule has 0 aliphatic carbocycles. The Bertz CT molecular complexity index is 625. The quantitative estimate of drug-likeness (QED) is 0.887. The van der Waals surface area contributed by atoms with Crippen LogP contribution in [0.4, 0.5) is 0 Å². The molecule has 0 aliphatic heterocycles. The highest BCUT2D eigenvalue weighted by molar-refractivity contribution is 5.98. The number of hydrogen-bond donors (Lipinski definition) is 1. The monoisotopic (exact) mass is 299 g/mol. The lowest BCUT2D eigenvalue weighted by molar-refractivity contribution is 0.0932. The number of methoxy groups -OCH3 is 2. The summed E-state index contributed by atoms with van der Waals surface area (Å²) in [7, 11) is 3.08. The van der Waals surface area contributed by atoms with Crippen LogP contribution in [-0.4, -0.2) is 20.1 Å². The number of para-hydroxylation sites is 1. The number of carbonyl (C=O) groups excluding carboxylic acids is 1. The summed E-state index contributed by atoms with van der Waals surface area (Å²) in [4.78, 5) is 12.6. The average Bonchev–Trinajstić information content (AvgIpc) is 2.59. The highest BCUT2D eigenvalue weighted by atomic mass is 16.5. The summed E-state index contributed by atoms with van der Waals surface area (Å²) in [5.41, 5.74) is 1.55. The highest BCUT2D eigenvalue weighted by Crippen LogP contribution is 2.31. The molecule has 0 aromatic heterocycles. The molecule has 22 heavy (non-hydrogen) atoms. The van der Waals surface area contributed by atoms with Gasteiger partial charge in [-0.1, -0.05) is 43.3 Å². The maximum Gasteiger partial charge on any atom is 0.255 e. The fourth-order valence-electron chi connectivity index (χ4n) is 2.41. The van der Waals surface area contributed by atoms with Crippen molar-refractivity contribution in [2.45, 2.75) is 19.4 Å². The molecule has 0 saturated carbocycles. The molecule has 2 aromatic rings. The van der Waals surface area contributed by atoms with E-state index in [1.807, 2.05) is 37.3 Å². The second-order valence-electron chi connectivity index (χ2n) is 4.89. The van der Waals surface area contributed by atoms with Crippen LogP contribution in [-0.2, 0) is 0 Å². The number of benzene rings is 2. The van der Waals surface area contributed by atoms with E-state index in [0.717, 1.165) is 12.0 Å². The normalized spacial score (nSPS) is 11.6. The Balaban J connectivity index is 2.25. The Hall–Kier alpha value is -2.49. The van der Waals surface area contributed by atoms with E-state index < -0.39 is 0 Å². The van der Waals surface area contributed by atoms with Crippen LogP contribution in [0.25, 0.3) is 0 Å². The van der Waals surface area contributed by atoms with E-state index in [1.54, 1.807) is 25.3 Å². The standard InChI is InChI=1S/C18H21NO3/c1-4-15(13-9-6-5-7-10-13)19-18(20)14-11-8-12-16(21-2)17(14)22-3/h5-12,15H,4H2,1-3H3,(H,19,20)/t15-/m1/s1. The van der Waals surface area contributed by atoms with Crippen molar-refractivity contribution >= 4 is 5.91 Å². The van der Waals surface area contributed by atoms with E-state index in [2.05, 4.69) is 5.32 Å². The summed E-state index contributed by atoms with van der Waals surface area (Å²) in [5.74, 6) is 0.819. The lowest BCUT2D eigenvalue weighted by Crippen LogP contribution is -2.28. The third kappa shape index (κ3) is 3.39. The zero-order valence-corrected chi connectivity index (χ0v) is 13.1. The van der Waals surface area contributed by atoms with Crippen molar-refractivity contribution in [2.75, 3.05) is 14.2 Å². The maximum atomic E-state index is 12.6. The van der Waals surface area contributed by atoms with Gasteiger partial charge < -0.3 is 14.8 Å². The largest absolute Gasteiger partial charge is 0.493 e. The van der Waals surface area contributed by atoms with Gasteiger partial charge in [-0.05, 0) is 24.1 Å². The summed E-state index contributed by atoms with van der Waals surface area (Å²) in [6.07, 6.45) is 0.808. The lowest BCUT2D eigenvalue weighted by Gasteiger charge is -2.19. The third-order valence-electron chi connectivity index (χ3n) is 3.56. The van der Waals surface area contributed by atoms with Crippen LogP contribution in [0.3, 0.4) is 0 Å². The van der Waals surface area contributed by atoms with Crippen molar-refractivity contribution in [3.63, 3.8) is 0 Å². The summed E-state index contributed by atoms with van der Waals surface area (Å²) in [6, 6.07) is 15.2. The van der Waals surface area contributed by atoms with Gasteiger partial charge in [-0.15, -0.1) is 0 Å². The van der Waals surface area contributed by atoms with Gasteiger partial charge in [0.05, 0.1) is 25.8 Å². The van der Waals surface area contributed by atoms with Gasteiger partial charge in [0.15, 0.2) is 11.5 Å². The first kappa shape index (κ1) is 15.9. The van der Waals surface area contributed by atoms with Crippen molar-refractivity contribution in [3.8, 4) is 11.5 Å². The van der Waals surface area contributed by atoms with E-state index >= 15 is 0 Å². The number of rotatable bonds is 6. The number of amides is 1. The minimum Gasteiger partial charge on any atom is -0.493 e. The Morgan fingerprint density at radius 1 is 1.05 bits per heavy atom. The van der Waals surface area contributed by atoms with Crippen LogP contribution < -0.4 is 14.8 Å². The summed E-state index contributed by atoms with van der Waals surface area (Å²) < 4.78 is 10.6. The van der Waals surface area contributed by atoms with E-state index in [4.69, 9.17) is 9.47 Å². The molecule has 1 amide bonds. The van der Waals surface area contributed by atoms with E-state index in [-0.39, 0.29) is 11.9 Å². The molecule has 116 valence electrons. The second-order valence-corrected chi connectivity index (χ2v) is 4.89. The summed E-state index contributed by atoms with van der Waals surface area (Å²) in [6.45, 7) is 2.04. The Labute approximate surface area is 131 Å². The Kier molecular flexibility index (Phi) is 5.42. The van der Waals surface area contributed by atoms with Gasteiger partial charge in [0.1, 0.15) is 0 Å². The molecular formula is C18H21NO3. The lowest BCUT2D eigenvalue weighted by atomic mass is 10.0. The van der Waals surface area contributed by atoms with E-state index in [0.29, 0.717) is 17.1 Å². The number of carbonyl (C=O) groups is 1. The number of hydrogen-bond acceptors (Lipinski definition) is 3. The molecule has 2 aromatic carbocycles. The van der Waals surface area contributed by atoms with Gasteiger partial charge >= 0.3 is 0 Å². The molecular weight excluding hydrogens is 278 g/mol. The van der Waals surface area contributed by atoms with Crippen LogP contribution in [0.5, 0.6) is 11.5 Å². The van der Waals surface area contributed by atoms with Crippen LogP contribution in [0, 0.1) is 0 Å². The molecule has 4 nitrogen and oxygen atoms in total. The van der Waals surface area contributed by atoms with E-state index in [1.165, 1.54) is 7.11 Å². The molecule has 0 saturated heterocycles. The Morgan fingerprint density at radius 2 is 1.77 bits per heavy atom. The predicted molar refractivity (Wildman–Crippen MR) is 86.5 cm³/mol. The van der Waals surface area contributed by atoms with Crippen LogP contribution in [0.15, 0.2) is 48.5 Å². The summed E-state index contributed by atoms with van der Waals surface area (Å²) in [5, 5.41) is 3.05. The molecule has 2 rings (SSSR count). The molecule has 0 bridgehead atoms. The van der Waals surface area contributed by atoms with Crippen molar-refractivity contribution in [1.82, 2.24) is 5.32 Å². The van der Waals surface area contributed by atoms with Crippen molar-refractivity contribution in [1.29, 1.82) is 0 Å². The first-order chi connectivity index (χ1) is 10.7. The van der Waals surface area contributed by atoms with Crippen LogP contribution >= 0.6 is 0 Å². The van der Waals surface area contributed by atoms with Crippen LogP contribution in [0.1, 0.15) is 35.3 Å². The minimum absolute atomic E-state index is 0.0374. The summed E-state index contributed by atoms with van der Waals surface area (Å²) >= 11 is 0. The predicted octanol–water partition coefficient (Wildman–Crippen LogP) is 3.58. The Morgan fingerprint density at radius 3 is 2.36 bits per heavy atom. The minimum atomic E-state index is -0.175. The van der Waals surface area contributed by atoms with Gasteiger partial charge in [0.2, 0.25) is 0 Å². The van der Waals surface area contributed by atoms with Gasteiger partial charge in [-0.25, -0.2) is 0 Å². The smallest absolute Gasteiger partial charge is 0.255 e. The first-order valence-corrected chi connectivity index (χ1v) is 7.28. The molecule has 0 heterocycles. The first-order valence-electron chi connectivity index (χ1n) is 7.28. The number of ether oxygens (including phenoxy) is 2. The van der Waals surface area contributed by atoms with Crippen molar-refractivity contribution < 1.29 is 14.3 Å². The second kappa shape index (κ2) is 7.50. The van der Waals surface area contributed by atoms with Crippen LogP contribution in [0.2, 0.25) is 0 Å². The average molecular weight is 299 g/mol. The number of nitrogens with one attached hydrogen (secondary N) is 1. The molecule has 0 aliphatic rings. The zero-order valence-electron chi connectivity index (χ0n) is 13.1. The fourth-order valence-corrected chi connectivity index (χ4v) is 2.41.